The molecule has 0 saturated carbocycles. The Balaban J connectivity index is 1.72. The molecule has 2 aromatic rings. The highest BCUT2D eigenvalue weighted by Gasteiger charge is 2.06. The molecule has 0 bridgehead atoms. The van der Waals surface area contributed by atoms with Gasteiger partial charge >= 0.3 is 0 Å². The molecular weight excluding hydrogens is 326 g/mol. The van der Waals surface area contributed by atoms with Gasteiger partial charge in [-0.1, -0.05) is 42.5 Å². The van der Waals surface area contributed by atoms with Gasteiger partial charge in [-0.2, -0.15) is 0 Å². The van der Waals surface area contributed by atoms with Gasteiger partial charge in [0.1, 0.15) is 0 Å². The first-order valence-electron chi connectivity index (χ1n) is 8.88. The topological polar surface area (TPSA) is 61.4 Å². The summed E-state index contributed by atoms with van der Waals surface area (Å²) in [6, 6.07) is 17.8. The Bertz CT molecular complexity index is 714. The molecule has 2 N–H and O–H groups in total. The summed E-state index contributed by atoms with van der Waals surface area (Å²) in [7, 11) is 3.51. The van der Waals surface area contributed by atoms with E-state index in [1.165, 1.54) is 5.56 Å². The van der Waals surface area contributed by atoms with Crippen molar-refractivity contribution in [2.24, 2.45) is 0 Å². The van der Waals surface area contributed by atoms with Crippen molar-refractivity contribution in [2.75, 3.05) is 32.5 Å². The third-order valence-electron chi connectivity index (χ3n) is 4.06. The van der Waals surface area contributed by atoms with Gasteiger partial charge in [-0.25, -0.2) is 0 Å². The van der Waals surface area contributed by atoms with E-state index in [1.807, 2.05) is 42.5 Å². The van der Waals surface area contributed by atoms with Gasteiger partial charge < -0.3 is 15.5 Å². The van der Waals surface area contributed by atoms with Crippen molar-refractivity contribution in [2.45, 2.75) is 19.3 Å². The van der Waals surface area contributed by atoms with Crippen molar-refractivity contribution in [1.82, 2.24) is 10.2 Å². The maximum atomic E-state index is 12.1. The highest BCUT2D eigenvalue weighted by Crippen LogP contribution is 2.12. The lowest BCUT2D eigenvalue weighted by Gasteiger charge is -2.11. The molecule has 2 rings (SSSR count). The number of nitrogens with zero attached hydrogens (tertiary/aromatic N) is 1. The molecule has 5 heteroatoms. The van der Waals surface area contributed by atoms with E-state index in [2.05, 4.69) is 22.8 Å². The number of carbonyl (C=O) groups excluding carboxylic acids is 2. The van der Waals surface area contributed by atoms with Gasteiger partial charge in [0.25, 0.3) is 0 Å². The zero-order chi connectivity index (χ0) is 18.8. The molecule has 0 aliphatic heterocycles. The van der Waals surface area contributed by atoms with Gasteiger partial charge in [-0.05, 0) is 42.6 Å². The van der Waals surface area contributed by atoms with E-state index in [0.29, 0.717) is 12.8 Å². The first-order chi connectivity index (χ1) is 12.5. The van der Waals surface area contributed by atoms with E-state index in [1.54, 1.807) is 19.0 Å². The van der Waals surface area contributed by atoms with Crippen molar-refractivity contribution >= 4 is 17.5 Å². The molecule has 0 aromatic heterocycles. The van der Waals surface area contributed by atoms with Crippen LogP contribution in [0.4, 0.5) is 5.69 Å². The summed E-state index contributed by atoms with van der Waals surface area (Å²) in [6.45, 7) is 1.03. The molecule has 0 radical (unpaired) electrons. The van der Waals surface area contributed by atoms with Crippen molar-refractivity contribution < 1.29 is 9.59 Å². The molecule has 0 heterocycles. The van der Waals surface area contributed by atoms with Crippen LogP contribution >= 0.6 is 0 Å². The van der Waals surface area contributed by atoms with Gasteiger partial charge in [0.2, 0.25) is 11.8 Å². The van der Waals surface area contributed by atoms with Gasteiger partial charge in [-0.15, -0.1) is 0 Å². The summed E-state index contributed by atoms with van der Waals surface area (Å²) < 4.78 is 0. The molecule has 0 atom stereocenters. The zero-order valence-electron chi connectivity index (χ0n) is 15.5. The first-order valence-corrected chi connectivity index (χ1v) is 8.88. The predicted octanol–water partition coefficient (Wildman–Crippen LogP) is 2.48. The summed E-state index contributed by atoms with van der Waals surface area (Å²) in [6.07, 6.45) is 2.02. The number of aryl methyl sites for hydroxylation is 1. The number of nitrogens with one attached hydrogen (secondary N) is 2. The van der Waals surface area contributed by atoms with Crippen molar-refractivity contribution in [1.29, 1.82) is 0 Å². The van der Waals surface area contributed by atoms with E-state index < -0.39 is 0 Å². The van der Waals surface area contributed by atoms with Crippen LogP contribution in [0.15, 0.2) is 54.6 Å². The third kappa shape index (κ3) is 7.07. The van der Waals surface area contributed by atoms with E-state index in [9.17, 15) is 9.59 Å². The number of hydrogen-bond donors (Lipinski definition) is 2. The fourth-order valence-electron chi connectivity index (χ4n) is 2.56. The quantitative estimate of drug-likeness (QED) is 0.681. The predicted molar refractivity (Wildman–Crippen MR) is 105 cm³/mol. The van der Waals surface area contributed by atoms with Gasteiger partial charge in [0.05, 0.1) is 6.54 Å². The summed E-state index contributed by atoms with van der Waals surface area (Å²) >= 11 is 0. The van der Waals surface area contributed by atoms with Gasteiger partial charge in [0.15, 0.2) is 0 Å². The standard InChI is InChI=1S/C21H27N3O2/c1-24(2)21(26)12-11-18-9-6-10-19(15-18)23-20(25)16-22-14-13-17-7-4-3-5-8-17/h3-10,15,22H,11-14,16H2,1-2H3,(H,23,25). The van der Waals surface area contributed by atoms with Crippen LogP contribution in [0.2, 0.25) is 0 Å². The van der Waals surface area contributed by atoms with Crippen molar-refractivity contribution in [3.8, 4) is 0 Å². The average molecular weight is 353 g/mol. The molecule has 0 saturated heterocycles. The van der Waals surface area contributed by atoms with Gasteiger partial charge in [-0.3, -0.25) is 9.59 Å². The summed E-state index contributed by atoms with van der Waals surface area (Å²) in [5.74, 6) is 0.0293. The summed E-state index contributed by atoms with van der Waals surface area (Å²) in [5, 5.41) is 6.05. The minimum Gasteiger partial charge on any atom is -0.349 e. The second kappa shape index (κ2) is 10.4. The molecule has 0 aliphatic carbocycles. The minimum atomic E-state index is -0.0698. The number of benzene rings is 2. The Morgan fingerprint density at radius 1 is 0.923 bits per heavy atom. The lowest BCUT2D eigenvalue weighted by atomic mass is 10.1. The molecule has 2 amide bonds. The number of amides is 2. The number of carbonyl (C=O) groups is 2. The second-order valence-corrected chi connectivity index (χ2v) is 6.45. The maximum absolute atomic E-state index is 12.1. The van der Waals surface area contributed by atoms with E-state index >= 15 is 0 Å². The Morgan fingerprint density at radius 2 is 1.65 bits per heavy atom. The van der Waals surface area contributed by atoms with Crippen LogP contribution in [0.1, 0.15) is 17.5 Å². The molecule has 26 heavy (non-hydrogen) atoms. The summed E-state index contributed by atoms with van der Waals surface area (Å²) in [4.78, 5) is 25.3. The van der Waals surface area contributed by atoms with E-state index in [4.69, 9.17) is 0 Å². The van der Waals surface area contributed by atoms with Crippen LogP contribution in [0.25, 0.3) is 0 Å². The Hall–Kier alpha value is -2.66. The van der Waals surface area contributed by atoms with Crippen LogP contribution in [-0.4, -0.2) is 43.9 Å². The zero-order valence-corrected chi connectivity index (χ0v) is 15.5. The fourth-order valence-corrected chi connectivity index (χ4v) is 2.56. The van der Waals surface area contributed by atoms with E-state index in [0.717, 1.165) is 24.2 Å². The Kier molecular flexibility index (Phi) is 7.83. The molecule has 0 unspecified atom stereocenters. The molecule has 2 aromatic carbocycles. The normalized spacial score (nSPS) is 10.4. The number of anilines is 1. The number of rotatable bonds is 9. The molecular formula is C21H27N3O2. The van der Waals surface area contributed by atoms with Crippen LogP contribution in [0.5, 0.6) is 0 Å². The molecule has 5 nitrogen and oxygen atoms in total. The van der Waals surface area contributed by atoms with Crippen molar-refractivity contribution in [3.63, 3.8) is 0 Å². The summed E-state index contributed by atoms with van der Waals surface area (Å²) in [5.41, 5.74) is 3.05. The third-order valence-corrected chi connectivity index (χ3v) is 4.06. The number of hydrogen-bond acceptors (Lipinski definition) is 3. The highest BCUT2D eigenvalue weighted by molar-refractivity contribution is 5.92. The lowest BCUT2D eigenvalue weighted by molar-refractivity contribution is -0.128. The Morgan fingerprint density at radius 3 is 2.38 bits per heavy atom. The SMILES string of the molecule is CN(C)C(=O)CCc1cccc(NC(=O)CNCCc2ccccc2)c1. The van der Waals surface area contributed by atoms with Crippen LogP contribution in [0, 0.1) is 0 Å². The lowest BCUT2D eigenvalue weighted by Crippen LogP contribution is -2.29. The van der Waals surface area contributed by atoms with Crippen molar-refractivity contribution in [3.05, 3.63) is 65.7 Å². The molecule has 0 spiro atoms. The molecule has 0 fully saturated rings. The molecule has 0 aliphatic rings. The second-order valence-electron chi connectivity index (χ2n) is 6.45. The molecule has 138 valence electrons. The minimum absolute atomic E-state index is 0.0698. The average Bonchev–Trinajstić information content (AvgIpc) is 2.64. The largest absolute Gasteiger partial charge is 0.349 e. The smallest absolute Gasteiger partial charge is 0.238 e. The highest BCUT2D eigenvalue weighted by atomic mass is 16.2. The fraction of sp³-hybridized carbons (Fsp3) is 0.333. The Labute approximate surface area is 155 Å². The van der Waals surface area contributed by atoms with Gasteiger partial charge in [0, 0.05) is 26.2 Å². The first kappa shape index (κ1) is 19.7. The monoisotopic (exact) mass is 353 g/mol. The van der Waals surface area contributed by atoms with Crippen LogP contribution < -0.4 is 10.6 Å². The van der Waals surface area contributed by atoms with Crippen LogP contribution in [-0.2, 0) is 22.4 Å². The maximum Gasteiger partial charge on any atom is 0.238 e. The van der Waals surface area contributed by atoms with Crippen LogP contribution in [0.3, 0.4) is 0 Å². The van der Waals surface area contributed by atoms with E-state index in [-0.39, 0.29) is 18.4 Å².